The molecule has 1 heterocycles. The molecule has 1 N–H and O–H groups in total. The minimum atomic E-state index is -0.0934. The molecule has 0 aromatic rings. The van der Waals surface area contributed by atoms with Gasteiger partial charge in [0.1, 0.15) is 6.29 Å². The zero-order valence-electron chi connectivity index (χ0n) is 12.9. The van der Waals surface area contributed by atoms with Crippen LogP contribution in [0.2, 0.25) is 0 Å². The fourth-order valence-electron chi connectivity index (χ4n) is 3.98. The first kappa shape index (κ1) is 15.9. The molecule has 0 aromatic carbocycles. The maximum atomic E-state index is 11.7. The van der Waals surface area contributed by atoms with Gasteiger partial charge in [0, 0.05) is 31.6 Å². The Morgan fingerprint density at radius 3 is 2.65 bits per heavy atom. The fourth-order valence-corrected chi connectivity index (χ4v) is 3.98. The summed E-state index contributed by atoms with van der Waals surface area (Å²) in [5.41, 5.74) is -0.0934. The molecule has 2 fully saturated rings. The molecule has 2 rings (SSSR count). The number of carbonyl (C=O) groups excluding carboxylic acids is 1. The van der Waals surface area contributed by atoms with Gasteiger partial charge in [0.25, 0.3) is 0 Å². The monoisotopic (exact) mass is 282 g/mol. The number of aliphatic hydroxyl groups excluding tert-OH is 1. The SMILES string of the molecule is CC1CCCC(C=O)(CN2CCCN(CCO)CC2)C1. The molecular formula is C16H30N2O2. The van der Waals surface area contributed by atoms with E-state index in [1.165, 1.54) is 19.1 Å². The summed E-state index contributed by atoms with van der Waals surface area (Å²) in [4.78, 5) is 16.5. The van der Waals surface area contributed by atoms with Crippen LogP contribution >= 0.6 is 0 Å². The number of hydrogen-bond donors (Lipinski definition) is 1. The molecule has 1 saturated heterocycles. The molecule has 0 amide bonds. The van der Waals surface area contributed by atoms with E-state index in [2.05, 4.69) is 16.7 Å². The molecule has 1 aliphatic carbocycles. The number of aliphatic hydroxyl groups is 1. The van der Waals surface area contributed by atoms with Gasteiger partial charge in [-0.25, -0.2) is 0 Å². The molecule has 4 nitrogen and oxygen atoms in total. The Morgan fingerprint density at radius 1 is 1.20 bits per heavy atom. The Balaban J connectivity index is 1.89. The predicted octanol–water partition coefficient (Wildman–Crippen LogP) is 1.38. The van der Waals surface area contributed by atoms with Crippen LogP contribution in [0.1, 0.15) is 39.0 Å². The highest BCUT2D eigenvalue weighted by Crippen LogP contribution is 2.38. The Kier molecular flexibility index (Phi) is 6.00. The number of rotatable bonds is 5. The summed E-state index contributed by atoms with van der Waals surface area (Å²) in [6.45, 7) is 8.46. The smallest absolute Gasteiger partial charge is 0.127 e. The third-order valence-corrected chi connectivity index (χ3v) is 5.01. The van der Waals surface area contributed by atoms with Gasteiger partial charge < -0.3 is 14.8 Å². The van der Waals surface area contributed by atoms with E-state index in [0.717, 1.165) is 58.5 Å². The maximum Gasteiger partial charge on any atom is 0.127 e. The van der Waals surface area contributed by atoms with Crippen LogP contribution in [0.3, 0.4) is 0 Å². The van der Waals surface area contributed by atoms with Crippen LogP contribution < -0.4 is 0 Å². The van der Waals surface area contributed by atoms with Gasteiger partial charge in [-0.15, -0.1) is 0 Å². The van der Waals surface area contributed by atoms with Gasteiger partial charge in [0.2, 0.25) is 0 Å². The van der Waals surface area contributed by atoms with Crippen LogP contribution in [0.15, 0.2) is 0 Å². The topological polar surface area (TPSA) is 43.8 Å². The van der Waals surface area contributed by atoms with E-state index in [4.69, 9.17) is 5.11 Å². The number of nitrogens with zero attached hydrogens (tertiary/aromatic N) is 2. The predicted molar refractivity (Wildman–Crippen MR) is 80.7 cm³/mol. The maximum absolute atomic E-state index is 11.7. The Hall–Kier alpha value is -0.450. The highest BCUT2D eigenvalue weighted by atomic mass is 16.3. The lowest BCUT2D eigenvalue weighted by molar-refractivity contribution is -0.120. The van der Waals surface area contributed by atoms with Crippen molar-refractivity contribution in [2.24, 2.45) is 11.3 Å². The van der Waals surface area contributed by atoms with Gasteiger partial charge in [0.15, 0.2) is 0 Å². The standard InChI is InChI=1S/C16H30N2O2/c1-15-4-2-5-16(12-15,14-20)13-18-7-3-6-17(8-9-18)10-11-19/h14-15,19H,2-13H2,1H3. The van der Waals surface area contributed by atoms with Crippen molar-refractivity contribution < 1.29 is 9.90 Å². The minimum absolute atomic E-state index is 0.0934. The molecule has 1 aliphatic heterocycles. The van der Waals surface area contributed by atoms with Crippen molar-refractivity contribution in [1.29, 1.82) is 0 Å². The van der Waals surface area contributed by atoms with E-state index >= 15 is 0 Å². The van der Waals surface area contributed by atoms with Gasteiger partial charge in [-0.05, 0) is 38.3 Å². The average Bonchev–Trinajstić information content (AvgIpc) is 2.65. The quantitative estimate of drug-likeness (QED) is 0.774. The van der Waals surface area contributed by atoms with Crippen LogP contribution in [-0.4, -0.2) is 67.1 Å². The van der Waals surface area contributed by atoms with Gasteiger partial charge in [-0.1, -0.05) is 19.8 Å². The summed E-state index contributed by atoms with van der Waals surface area (Å²) in [5, 5.41) is 9.04. The molecule has 0 bridgehead atoms. The molecule has 1 saturated carbocycles. The Morgan fingerprint density at radius 2 is 1.95 bits per heavy atom. The summed E-state index contributed by atoms with van der Waals surface area (Å²) >= 11 is 0. The van der Waals surface area contributed by atoms with Crippen molar-refractivity contribution in [2.75, 3.05) is 45.9 Å². The van der Waals surface area contributed by atoms with Crippen molar-refractivity contribution in [3.8, 4) is 0 Å². The summed E-state index contributed by atoms with van der Waals surface area (Å²) in [6.07, 6.45) is 7.00. The molecule has 0 aromatic heterocycles. The summed E-state index contributed by atoms with van der Waals surface area (Å²) in [5.74, 6) is 0.687. The van der Waals surface area contributed by atoms with Crippen molar-refractivity contribution in [2.45, 2.75) is 39.0 Å². The first-order valence-electron chi connectivity index (χ1n) is 8.19. The van der Waals surface area contributed by atoms with Crippen molar-refractivity contribution in [1.82, 2.24) is 9.80 Å². The van der Waals surface area contributed by atoms with Gasteiger partial charge in [-0.3, -0.25) is 4.90 Å². The van der Waals surface area contributed by atoms with E-state index in [1.807, 2.05) is 0 Å². The second-order valence-corrected chi connectivity index (χ2v) is 6.88. The Bertz CT molecular complexity index is 311. The molecule has 2 unspecified atom stereocenters. The molecule has 20 heavy (non-hydrogen) atoms. The first-order chi connectivity index (χ1) is 9.67. The number of hydrogen-bond acceptors (Lipinski definition) is 4. The van der Waals surface area contributed by atoms with E-state index in [9.17, 15) is 4.79 Å². The molecule has 116 valence electrons. The van der Waals surface area contributed by atoms with Crippen molar-refractivity contribution in [3.05, 3.63) is 0 Å². The van der Waals surface area contributed by atoms with Crippen LogP contribution in [0.5, 0.6) is 0 Å². The van der Waals surface area contributed by atoms with Crippen LogP contribution in [0, 0.1) is 11.3 Å². The summed E-state index contributed by atoms with van der Waals surface area (Å²) < 4.78 is 0. The van der Waals surface area contributed by atoms with Crippen molar-refractivity contribution in [3.63, 3.8) is 0 Å². The van der Waals surface area contributed by atoms with Crippen LogP contribution in [0.25, 0.3) is 0 Å². The van der Waals surface area contributed by atoms with Crippen LogP contribution in [-0.2, 0) is 4.79 Å². The molecule has 0 radical (unpaired) electrons. The second kappa shape index (κ2) is 7.53. The van der Waals surface area contributed by atoms with Gasteiger partial charge in [-0.2, -0.15) is 0 Å². The van der Waals surface area contributed by atoms with E-state index < -0.39 is 0 Å². The lowest BCUT2D eigenvalue weighted by Gasteiger charge is -2.39. The Labute approximate surface area is 123 Å². The molecule has 2 atom stereocenters. The third kappa shape index (κ3) is 4.27. The summed E-state index contributed by atoms with van der Waals surface area (Å²) in [7, 11) is 0. The molecule has 2 aliphatic rings. The summed E-state index contributed by atoms with van der Waals surface area (Å²) in [6, 6.07) is 0. The third-order valence-electron chi connectivity index (χ3n) is 5.01. The van der Waals surface area contributed by atoms with Crippen LogP contribution in [0.4, 0.5) is 0 Å². The van der Waals surface area contributed by atoms with Crippen molar-refractivity contribution >= 4 is 6.29 Å². The largest absolute Gasteiger partial charge is 0.395 e. The number of carbonyl (C=O) groups is 1. The van der Waals surface area contributed by atoms with E-state index in [1.54, 1.807) is 0 Å². The van der Waals surface area contributed by atoms with E-state index in [0.29, 0.717) is 5.92 Å². The number of β-amino-alcohol motifs (C(OH)–C–C–N with tert-alkyl or cyclic N) is 1. The molecule has 4 heteroatoms. The zero-order valence-corrected chi connectivity index (χ0v) is 12.9. The van der Waals surface area contributed by atoms with Gasteiger partial charge in [0.05, 0.1) is 6.61 Å². The van der Waals surface area contributed by atoms with E-state index in [-0.39, 0.29) is 12.0 Å². The zero-order chi connectivity index (χ0) is 14.4. The normalized spacial score (nSPS) is 33.8. The molecular weight excluding hydrogens is 252 g/mol. The van der Waals surface area contributed by atoms with Gasteiger partial charge >= 0.3 is 0 Å². The lowest BCUT2D eigenvalue weighted by atomic mass is 9.70. The highest BCUT2D eigenvalue weighted by Gasteiger charge is 2.36. The number of aldehydes is 1. The first-order valence-corrected chi connectivity index (χ1v) is 8.19. The average molecular weight is 282 g/mol. The second-order valence-electron chi connectivity index (χ2n) is 6.88. The lowest BCUT2D eigenvalue weighted by Crippen LogP contribution is -2.43. The fraction of sp³-hybridized carbons (Fsp3) is 0.938. The highest BCUT2D eigenvalue weighted by molar-refractivity contribution is 5.60. The minimum Gasteiger partial charge on any atom is -0.395 e. The molecule has 0 spiro atoms.